The molecule has 0 spiro atoms. The molecule has 6 nitrogen and oxygen atoms in total. The number of nitrogens with zero attached hydrogens (tertiary/aromatic N) is 1. The van der Waals surface area contributed by atoms with Crippen LogP contribution in [0, 0.1) is 0 Å². The van der Waals surface area contributed by atoms with Gasteiger partial charge in [-0.1, -0.05) is 18.2 Å². The van der Waals surface area contributed by atoms with Crippen molar-refractivity contribution in [2.75, 3.05) is 0 Å². The third kappa shape index (κ3) is 3.49. The van der Waals surface area contributed by atoms with E-state index in [0.717, 1.165) is 19.3 Å². The zero-order valence-electron chi connectivity index (χ0n) is 15.3. The van der Waals surface area contributed by atoms with Crippen LogP contribution in [0.3, 0.4) is 0 Å². The number of esters is 1. The van der Waals surface area contributed by atoms with Gasteiger partial charge in [0.1, 0.15) is 0 Å². The number of hydrogen-bond acceptors (Lipinski definition) is 4. The minimum atomic E-state index is -0.899. The van der Waals surface area contributed by atoms with Crippen molar-refractivity contribution in [1.29, 1.82) is 0 Å². The molecule has 1 saturated heterocycles. The Morgan fingerprint density at radius 3 is 2.54 bits per heavy atom. The van der Waals surface area contributed by atoms with Crippen LogP contribution >= 0.6 is 0 Å². The predicted molar refractivity (Wildman–Crippen MR) is 99.1 cm³/mol. The first-order valence-electron chi connectivity index (χ1n) is 9.03. The number of aromatic amines is 1. The Morgan fingerprint density at radius 2 is 1.85 bits per heavy atom. The van der Waals surface area contributed by atoms with Gasteiger partial charge >= 0.3 is 5.97 Å². The molecule has 26 heavy (non-hydrogen) atoms. The molecule has 1 N–H and O–H groups in total. The summed E-state index contributed by atoms with van der Waals surface area (Å²) in [6.07, 6.45) is 2.10. The highest BCUT2D eigenvalue weighted by Crippen LogP contribution is 2.24. The number of carbonyl (C=O) groups excluding carboxylic acids is 2. The number of fused-ring (bicyclic) bond motifs is 1. The molecule has 0 radical (unpaired) electrons. The maximum Gasteiger partial charge on any atom is 0.339 e. The molecule has 138 valence electrons. The van der Waals surface area contributed by atoms with E-state index in [4.69, 9.17) is 4.74 Å². The molecule has 1 aromatic carbocycles. The molecule has 1 aliphatic rings. The molecule has 2 heterocycles. The smallest absolute Gasteiger partial charge is 0.339 e. The Bertz CT molecular complexity index is 879. The number of carbonyl (C=O) groups is 2. The summed E-state index contributed by atoms with van der Waals surface area (Å²) in [4.78, 5) is 41.7. The fraction of sp³-hybridized carbons (Fsp3) is 0.450. The number of rotatable bonds is 3. The SMILES string of the molecule is C[C@H](OC(=O)c1cc(=O)[nH]c2ccccc12)C(=O)N1[C@@H](C)CCC[C@@H]1C. The van der Waals surface area contributed by atoms with E-state index in [9.17, 15) is 14.4 Å². The summed E-state index contributed by atoms with van der Waals surface area (Å²) < 4.78 is 5.43. The van der Waals surface area contributed by atoms with Crippen molar-refractivity contribution >= 4 is 22.8 Å². The second-order valence-electron chi connectivity index (χ2n) is 7.01. The van der Waals surface area contributed by atoms with Gasteiger partial charge in [0, 0.05) is 29.1 Å². The number of hydrogen-bond donors (Lipinski definition) is 1. The number of pyridine rings is 1. The number of nitrogens with one attached hydrogen (secondary N) is 1. The maximum atomic E-state index is 12.8. The van der Waals surface area contributed by atoms with Crippen molar-refractivity contribution in [3.63, 3.8) is 0 Å². The highest BCUT2D eigenvalue weighted by molar-refractivity contribution is 6.03. The zero-order valence-corrected chi connectivity index (χ0v) is 15.3. The number of para-hydroxylation sites is 1. The molecular weight excluding hydrogens is 332 g/mol. The van der Waals surface area contributed by atoms with Gasteiger partial charge in [0.25, 0.3) is 5.91 Å². The fourth-order valence-corrected chi connectivity index (χ4v) is 3.71. The van der Waals surface area contributed by atoms with Crippen LogP contribution in [0.25, 0.3) is 10.9 Å². The maximum absolute atomic E-state index is 12.8. The van der Waals surface area contributed by atoms with Crippen molar-refractivity contribution < 1.29 is 14.3 Å². The van der Waals surface area contributed by atoms with Gasteiger partial charge in [-0.05, 0) is 46.1 Å². The lowest BCUT2D eigenvalue weighted by atomic mass is 9.97. The highest BCUT2D eigenvalue weighted by atomic mass is 16.5. The Morgan fingerprint density at radius 1 is 1.19 bits per heavy atom. The average Bonchev–Trinajstić information content (AvgIpc) is 2.60. The molecule has 0 saturated carbocycles. The average molecular weight is 356 g/mol. The number of aromatic nitrogens is 1. The van der Waals surface area contributed by atoms with E-state index in [2.05, 4.69) is 4.98 Å². The molecule has 3 atom stereocenters. The second kappa shape index (κ2) is 7.32. The third-order valence-electron chi connectivity index (χ3n) is 5.05. The third-order valence-corrected chi connectivity index (χ3v) is 5.05. The van der Waals surface area contributed by atoms with Crippen LogP contribution in [-0.2, 0) is 9.53 Å². The number of benzene rings is 1. The molecule has 1 aromatic heterocycles. The van der Waals surface area contributed by atoms with Crippen molar-refractivity contribution in [1.82, 2.24) is 9.88 Å². The van der Waals surface area contributed by atoms with Crippen LogP contribution in [0.15, 0.2) is 35.1 Å². The number of piperidine rings is 1. The molecule has 1 fully saturated rings. The summed E-state index contributed by atoms with van der Waals surface area (Å²) in [6.45, 7) is 5.63. The summed E-state index contributed by atoms with van der Waals surface area (Å²) in [5.74, 6) is -0.849. The van der Waals surface area contributed by atoms with Crippen molar-refractivity contribution in [2.45, 2.75) is 58.2 Å². The standard InChI is InChI=1S/C20H24N2O4/c1-12-7-6-8-13(2)22(12)19(24)14(3)26-20(25)16-11-18(23)21-17-10-5-4-9-15(16)17/h4-5,9-14H,6-8H2,1-3H3,(H,21,23)/t12-,13-,14-/m0/s1. The molecular formula is C20H24N2O4. The van der Waals surface area contributed by atoms with Gasteiger partial charge in [-0.2, -0.15) is 0 Å². The number of amides is 1. The molecule has 1 aliphatic heterocycles. The van der Waals surface area contributed by atoms with Gasteiger partial charge in [-0.3, -0.25) is 9.59 Å². The highest BCUT2D eigenvalue weighted by Gasteiger charge is 2.33. The Kier molecular flexibility index (Phi) is 5.11. The number of H-pyrrole nitrogens is 1. The molecule has 1 amide bonds. The van der Waals surface area contributed by atoms with E-state index in [-0.39, 0.29) is 29.1 Å². The first kappa shape index (κ1) is 18.2. The molecule has 6 heteroatoms. The van der Waals surface area contributed by atoms with Crippen molar-refractivity contribution in [3.05, 3.63) is 46.2 Å². The molecule has 0 unspecified atom stereocenters. The summed E-state index contributed by atoms with van der Waals surface area (Å²) in [7, 11) is 0. The Balaban J connectivity index is 1.82. The second-order valence-corrected chi connectivity index (χ2v) is 7.01. The molecule has 2 aromatic rings. The lowest BCUT2D eigenvalue weighted by Crippen LogP contribution is -2.51. The normalized spacial score (nSPS) is 21.4. The topological polar surface area (TPSA) is 79.5 Å². The predicted octanol–water partition coefficient (Wildman–Crippen LogP) is 2.86. The summed E-state index contributed by atoms with van der Waals surface area (Å²) in [5, 5.41) is 0.594. The van der Waals surface area contributed by atoms with Crippen LogP contribution in [-0.4, -0.2) is 39.9 Å². The van der Waals surface area contributed by atoms with Gasteiger partial charge < -0.3 is 14.6 Å². The van der Waals surface area contributed by atoms with E-state index < -0.39 is 12.1 Å². The summed E-state index contributed by atoms with van der Waals surface area (Å²) in [5.41, 5.74) is 0.348. The number of ether oxygens (including phenoxy) is 1. The molecule has 0 aliphatic carbocycles. The van der Waals surface area contributed by atoms with Crippen molar-refractivity contribution in [3.8, 4) is 0 Å². The largest absolute Gasteiger partial charge is 0.449 e. The molecule has 0 bridgehead atoms. The van der Waals surface area contributed by atoms with Crippen LogP contribution in [0.4, 0.5) is 0 Å². The van der Waals surface area contributed by atoms with Crippen LogP contribution in [0.2, 0.25) is 0 Å². The van der Waals surface area contributed by atoms with Gasteiger partial charge in [0.15, 0.2) is 6.10 Å². The fourth-order valence-electron chi connectivity index (χ4n) is 3.71. The lowest BCUT2D eigenvalue weighted by molar-refractivity contribution is -0.146. The zero-order chi connectivity index (χ0) is 18.8. The van der Waals surface area contributed by atoms with Crippen LogP contribution in [0.5, 0.6) is 0 Å². The van der Waals surface area contributed by atoms with Gasteiger partial charge in [0.05, 0.1) is 5.56 Å². The molecule has 3 rings (SSSR count). The summed E-state index contributed by atoms with van der Waals surface area (Å²) in [6, 6.07) is 8.50. The Labute approximate surface area is 152 Å². The van der Waals surface area contributed by atoms with Crippen LogP contribution < -0.4 is 5.56 Å². The van der Waals surface area contributed by atoms with Gasteiger partial charge in [0.2, 0.25) is 5.56 Å². The lowest BCUT2D eigenvalue weighted by Gasteiger charge is -2.40. The minimum absolute atomic E-state index is 0.132. The van der Waals surface area contributed by atoms with E-state index in [1.54, 1.807) is 31.2 Å². The quantitative estimate of drug-likeness (QED) is 0.858. The minimum Gasteiger partial charge on any atom is -0.449 e. The monoisotopic (exact) mass is 356 g/mol. The van der Waals surface area contributed by atoms with Gasteiger partial charge in [-0.15, -0.1) is 0 Å². The van der Waals surface area contributed by atoms with E-state index in [1.165, 1.54) is 6.07 Å². The number of likely N-dealkylation sites (tertiary alicyclic amines) is 1. The first-order valence-corrected chi connectivity index (χ1v) is 9.03. The van der Waals surface area contributed by atoms with Crippen molar-refractivity contribution in [2.24, 2.45) is 0 Å². The van der Waals surface area contributed by atoms with Gasteiger partial charge in [-0.25, -0.2) is 4.79 Å². The van der Waals surface area contributed by atoms with E-state index in [1.807, 2.05) is 18.7 Å². The summed E-state index contributed by atoms with van der Waals surface area (Å²) >= 11 is 0. The van der Waals surface area contributed by atoms with E-state index >= 15 is 0 Å². The Hall–Kier alpha value is -2.63. The van der Waals surface area contributed by atoms with E-state index in [0.29, 0.717) is 10.9 Å². The first-order chi connectivity index (χ1) is 12.4. The van der Waals surface area contributed by atoms with Crippen LogP contribution in [0.1, 0.15) is 50.4 Å².